The lowest BCUT2D eigenvalue weighted by molar-refractivity contribution is 1.45. The summed E-state index contributed by atoms with van der Waals surface area (Å²) >= 11 is 5.02. The van der Waals surface area contributed by atoms with Crippen molar-refractivity contribution in [1.29, 1.82) is 0 Å². The largest absolute Gasteiger partial charge is 0.398 e. The highest BCUT2D eigenvalue weighted by Crippen LogP contribution is 2.24. The van der Waals surface area contributed by atoms with Gasteiger partial charge in [-0.25, -0.2) is 0 Å². The SMILES string of the molecule is CSc1ccc(Br)c(N)c1. The van der Waals surface area contributed by atoms with E-state index in [0.29, 0.717) is 0 Å². The van der Waals surface area contributed by atoms with Crippen LogP contribution in [0.15, 0.2) is 27.6 Å². The highest BCUT2D eigenvalue weighted by molar-refractivity contribution is 9.10. The van der Waals surface area contributed by atoms with Crippen LogP contribution in [0.1, 0.15) is 0 Å². The Hall–Kier alpha value is -0.150. The first-order valence-corrected chi connectivity index (χ1v) is 4.85. The standard InChI is InChI=1S/C7H8BrNS/c1-10-5-2-3-6(8)7(9)4-5/h2-4H,9H2,1H3. The van der Waals surface area contributed by atoms with Crippen molar-refractivity contribution in [2.75, 3.05) is 12.0 Å². The number of hydrogen-bond acceptors (Lipinski definition) is 2. The molecule has 0 aromatic heterocycles. The van der Waals surface area contributed by atoms with E-state index in [9.17, 15) is 0 Å². The number of benzene rings is 1. The second-order valence-electron chi connectivity index (χ2n) is 1.89. The van der Waals surface area contributed by atoms with Gasteiger partial charge in [0.15, 0.2) is 0 Å². The fourth-order valence-corrected chi connectivity index (χ4v) is 1.34. The summed E-state index contributed by atoms with van der Waals surface area (Å²) < 4.78 is 0.963. The molecule has 0 radical (unpaired) electrons. The number of thioether (sulfide) groups is 1. The minimum atomic E-state index is 0.798. The summed E-state index contributed by atoms with van der Waals surface area (Å²) in [4.78, 5) is 1.20. The van der Waals surface area contributed by atoms with Crippen LogP contribution < -0.4 is 5.73 Å². The van der Waals surface area contributed by atoms with Crippen LogP contribution in [0, 0.1) is 0 Å². The molecule has 2 N–H and O–H groups in total. The maximum Gasteiger partial charge on any atom is 0.0469 e. The van der Waals surface area contributed by atoms with Gasteiger partial charge in [-0.05, 0) is 40.4 Å². The van der Waals surface area contributed by atoms with Gasteiger partial charge in [-0.3, -0.25) is 0 Å². The minimum Gasteiger partial charge on any atom is -0.398 e. The second-order valence-corrected chi connectivity index (χ2v) is 3.62. The van der Waals surface area contributed by atoms with Gasteiger partial charge in [0, 0.05) is 15.1 Å². The number of rotatable bonds is 1. The molecule has 0 aliphatic carbocycles. The minimum absolute atomic E-state index is 0.798. The Morgan fingerprint density at radius 2 is 2.20 bits per heavy atom. The lowest BCUT2D eigenvalue weighted by Gasteiger charge is -1.99. The van der Waals surface area contributed by atoms with E-state index in [1.54, 1.807) is 11.8 Å². The Bertz CT molecular complexity index is 237. The van der Waals surface area contributed by atoms with Crippen LogP contribution in [0.4, 0.5) is 5.69 Å². The van der Waals surface area contributed by atoms with Gasteiger partial charge in [-0.1, -0.05) is 0 Å². The fourth-order valence-electron chi connectivity index (χ4n) is 0.649. The predicted octanol–water partition coefficient (Wildman–Crippen LogP) is 2.75. The molecule has 0 saturated heterocycles. The van der Waals surface area contributed by atoms with Gasteiger partial charge in [-0.15, -0.1) is 11.8 Å². The predicted molar refractivity (Wildman–Crippen MR) is 50.3 cm³/mol. The van der Waals surface area contributed by atoms with E-state index in [1.165, 1.54) is 4.90 Å². The van der Waals surface area contributed by atoms with Crippen molar-refractivity contribution >= 4 is 33.4 Å². The number of halogens is 1. The van der Waals surface area contributed by atoms with Crippen LogP contribution in [0.5, 0.6) is 0 Å². The van der Waals surface area contributed by atoms with Gasteiger partial charge in [0.05, 0.1) is 0 Å². The zero-order chi connectivity index (χ0) is 7.56. The Kier molecular flexibility index (Phi) is 2.63. The molecule has 1 rings (SSSR count). The lowest BCUT2D eigenvalue weighted by atomic mass is 10.3. The number of nitrogens with two attached hydrogens (primary N) is 1. The maximum atomic E-state index is 5.64. The van der Waals surface area contributed by atoms with Crippen LogP contribution in [0.3, 0.4) is 0 Å². The molecule has 0 aliphatic heterocycles. The second kappa shape index (κ2) is 3.30. The van der Waals surface area contributed by atoms with Crippen molar-refractivity contribution in [3.8, 4) is 0 Å². The first-order chi connectivity index (χ1) is 4.74. The Morgan fingerprint density at radius 3 is 2.70 bits per heavy atom. The van der Waals surface area contributed by atoms with E-state index in [0.717, 1.165) is 10.2 Å². The summed E-state index contributed by atoms with van der Waals surface area (Å²) in [6.45, 7) is 0. The fraction of sp³-hybridized carbons (Fsp3) is 0.143. The van der Waals surface area contributed by atoms with Crippen molar-refractivity contribution in [3.63, 3.8) is 0 Å². The average Bonchev–Trinajstić information content (AvgIpc) is 1.95. The molecule has 0 amide bonds. The maximum absolute atomic E-state index is 5.64. The number of nitrogen functional groups attached to an aromatic ring is 1. The van der Waals surface area contributed by atoms with Crippen molar-refractivity contribution in [2.45, 2.75) is 4.90 Å². The van der Waals surface area contributed by atoms with E-state index < -0.39 is 0 Å². The Labute approximate surface area is 73.1 Å². The van der Waals surface area contributed by atoms with Crippen molar-refractivity contribution < 1.29 is 0 Å². The quantitative estimate of drug-likeness (QED) is 0.579. The van der Waals surface area contributed by atoms with Crippen LogP contribution >= 0.6 is 27.7 Å². The molecule has 54 valence electrons. The summed E-state index contributed by atoms with van der Waals surface area (Å²) in [5.41, 5.74) is 6.43. The highest BCUT2D eigenvalue weighted by atomic mass is 79.9. The van der Waals surface area contributed by atoms with Crippen LogP contribution in [-0.2, 0) is 0 Å². The molecule has 0 aliphatic rings. The Morgan fingerprint density at radius 1 is 1.50 bits per heavy atom. The molecular weight excluding hydrogens is 210 g/mol. The molecular formula is C7H8BrNS. The molecule has 0 unspecified atom stereocenters. The van der Waals surface area contributed by atoms with Crippen LogP contribution in [-0.4, -0.2) is 6.26 Å². The average molecular weight is 218 g/mol. The molecule has 1 nitrogen and oxygen atoms in total. The van der Waals surface area contributed by atoms with Crippen LogP contribution in [0.25, 0.3) is 0 Å². The molecule has 0 fully saturated rings. The third-order valence-electron chi connectivity index (χ3n) is 1.20. The summed E-state index contributed by atoms with van der Waals surface area (Å²) in [7, 11) is 0. The summed E-state index contributed by atoms with van der Waals surface area (Å²) in [6.07, 6.45) is 2.03. The number of anilines is 1. The van der Waals surface area contributed by atoms with Crippen molar-refractivity contribution in [1.82, 2.24) is 0 Å². The monoisotopic (exact) mass is 217 g/mol. The van der Waals surface area contributed by atoms with E-state index in [-0.39, 0.29) is 0 Å². The molecule has 0 bridgehead atoms. The molecule has 0 heterocycles. The molecule has 1 aromatic rings. The molecule has 0 spiro atoms. The zero-order valence-corrected chi connectivity index (χ0v) is 8.00. The van der Waals surface area contributed by atoms with Crippen molar-refractivity contribution in [2.24, 2.45) is 0 Å². The van der Waals surface area contributed by atoms with Gasteiger partial charge >= 0.3 is 0 Å². The molecule has 1 aromatic carbocycles. The molecule has 0 saturated carbocycles. The third-order valence-corrected chi connectivity index (χ3v) is 2.65. The summed E-state index contributed by atoms with van der Waals surface area (Å²) in [6, 6.07) is 5.95. The van der Waals surface area contributed by atoms with E-state index >= 15 is 0 Å². The number of hydrogen-bond donors (Lipinski definition) is 1. The first kappa shape index (κ1) is 7.95. The van der Waals surface area contributed by atoms with Gasteiger partial charge < -0.3 is 5.73 Å². The molecule has 0 atom stereocenters. The smallest absolute Gasteiger partial charge is 0.0469 e. The van der Waals surface area contributed by atoms with Gasteiger partial charge in [0.1, 0.15) is 0 Å². The Balaban J connectivity index is 3.04. The molecule has 3 heteroatoms. The van der Waals surface area contributed by atoms with Gasteiger partial charge in [-0.2, -0.15) is 0 Å². The van der Waals surface area contributed by atoms with E-state index in [4.69, 9.17) is 5.73 Å². The normalized spacial score (nSPS) is 9.80. The van der Waals surface area contributed by atoms with E-state index in [1.807, 2.05) is 24.5 Å². The zero-order valence-electron chi connectivity index (χ0n) is 5.60. The first-order valence-electron chi connectivity index (χ1n) is 2.83. The van der Waals surface area contributed by atoms with E-state index in [2.05, 4.69) is 15.9 Å². The summed E-state index contributed by atoms with van der Waals surface area (Å²) in [5.74, 6) is 0. The van der Waals surface area contributed by atoms with Gasteiger partial charge in [0.2, 0.25) is 0 Å². The highest BCUT2D eigenvalue weighted by Gasteiger charge is 1.94. The summed E-state index contributed by atoms with van der Waals surface area (Å²) in [5, 5.41) is 0. The van der Waals surface area contributed by atoms with Crippen molar-refractivity contribution in [3.05, 3.63) is 22.7 Å². The molecule has 10 heavy (non-hydrogen) atoms. The lowest BCUT2D eigenvalue weighted by Crippen LogP contribution is -1.85. The van der Waals surface area contributed by atoms with Crippen LogP contribution in [0.2, 0.25) is 0 Å². The van der Waals surface area contributed by atoms with Gasteiger partial charge in [0.25, 0.3) is 0 Å². The third kappa shape index (κ3) is 1.67. The topological polar surface area (TPSA) is 26.0 Å².